The number of rotatable bonds is 2. The maximum atomic E-state index is 14.6. The lowest BCUT2D eigenvalue weighted by Crippen LogP contribution is -2.18. The summed E-state index contributed by atoms with van der Waals surface area (Å²) < 4.78 is 27.3. The summed E-state index contributed by atoms with van der Waals surface area (Å²) in [6, 6.07) is 5.18. The Morgan fingerprint density at radius 3 is 2.33 bits per heavy atom. The fourth-order valence-corrected chi connectivity index (χ4v) is 2.41. The summed E-state index contributed by atoms with van der Waals surface area (Å²) in [5, 5.41) is 4.33. The van der Waals surface area contributed by atoms with E-state index in [1.165, 1.54) is 13.8 Å². The normalized spacial score (nSPS) is 14.3. The van der Waals surface area contributed by atoms with Gasteiger partial charge in [-0.05, 0) is 26.0 Å². The molecule has 0 aliphatic carbocycles. The number of anilines is 1. The highest BCUT2D eigenvalue weighted by atomic mass is 19.1. The first-order chi connectivity index (χ1) is 9.86. The Morgan fingerprint density at radius 2 is 1.81 bits per heavy atom. The number of hydrogen-bond donors (Lipinski definition) is 1. The summed E-state index contributed by atoms with van der Waals surface area (Å²) in [4.78, 5) is 0. The minimum atomic E-state index is -1.53. The van der Waals surface area contributed by atoms with Gasteiger partial charge in [-0.1, -0.05) is 0 Å². The van der Waals surface area contributed by atoms with Gasteiger partial charge in [-0.15, -0.1) is 0 Å². The van der Waals surface area contributed by atoms with Gasteiger partial charge in [0, 0.05) is 24.2 Å². The highest BCUT2D eigenvalue weighted by molar-refractivity contribution is 5.71. The van der Waals surface area contributed by atoms with E-state index in [4.69, 9.17) is 15.2 Å². The average molecular weight is 291 g/mol. The number of nitrogens with two attached hydrogens (primary N) is 1. The Morgan fingerprint density at radius 1 is 1.19 bits per heavy atom. The second-order valence-corrected chi connectivity index (χ2v) is 5.59. The summed E-state index contributed by atoms with van der Waals surface area (Å²) in [7, 11) is 1.75. The fourth-order valence-electron chi connectivity index (χ4n) is 2.41. The molecule has 0 fully saturated rings. The number of aryl methyl sites for hydroxylation is 1. The van der Waals surface area contributed by atoms with E-state index < -0.39 is 5.67 Å². The molecule has 2 heterocycles. The van der Waals surface area contributed by atoms with E-state index in [1.54, 1.807) is 29.9 Å². The molecule has 0 saturated carbocycles. The molecule has 0 radical (unpaired) electrons. The van der Waals surface area contributed by atoms with Gasteiger partial charge in [-0.2, -0.15) is 5.10 Å². The minimum Gasteiger partial charge on any atom is -0.486 e. The lowest BCUT2D eigenvalue weighted by Gasteiger charge is -2.24. The first-order valence-corrected chi connectivity index (χ1v) is 6.79. The van der Waals surface area contributed by atoms with Gasteiger partial charge in [0.15, 0.2) is 11.5 Å². The number of aromatic nitrogens is 2. The van der Waals surface area contributed by atoms with Gasteiger partial charge in [-0.25, -0.2) is 4.39 Å². The molecular weight excluding hydrogens is 273 g/mol. The lowest BCUT2D eigenvalue weighted by molar-refractivity contribution is 0.169. The Labute approximate surface area is 122 Å². The standard InChI is InChI=1S/C15H18FN3O2/c1-15(2,16)10-7-13-12(20-4-5-21-13)6-9(10)11-8-14(17)19(3)18-11/h6-8H,4-5,17H2,1-3H3. The summed E-state index contributed by atoms with van der Waals surface area (Å²) in [6.45, 7) is 3.96. The third-order valence-electron chi connectivity index (χ3n) is 3.51. The molecule has 0 saturated heterocycles. The Bertz CT molecular complexity index is 669. The van der Waals surface area contributed by atoms with Crippen LogP contribution in [0.15, 0.2) is 18.2 Å². The zero-order valence-corrected chi connectivity index (χ0v) is 12.3. The number of hydrogen-bond acceptors (Lipinski definition) is 4. The number of nitrogens with zero attached hydrogens (tertiary/aromatic N) is 2. The summed E-state index contributed by atoms with van der Waals surface area (Å²) in [6.07, 6.45) is 0. The predicted octanol–water partition coefficient (Wildman–Crippen LogP) is 2.65. The van der Waals surface area contributed by atoms with Crippen LogP contribution in [0, 0.1) is 0 Å². The fraction of sp³-hybridized carbons (Fsp3) is 0.400. The van der Waals surface area contributed by atoms with Crippen molar-refractivity contribution in [3.05, 3.63) is 23.8 Å². The Kier molecular flexibility index (Phi) is 3.04. The molecule has 0 bridgehead atoms. The number of nitrogen functional groups attached to an aromatic ring is 1. The summed E-state index contributed by atoms with van der Waals surface area (Å²) in [5.41, 5.74) is 6.08. The molecule has 2 aromatic rings. The van der Waals surface area contributed by atoms with Crippen LogP contribution in [-0.2, 0) is 12.7 Å². The first kappa shape index (κ1) is 13.7. The quantitative estimate of drug-likeness (QED) is 0.924. The maximum absolute atomic E-state index is 14.6. The third kappa shape index (κ3) is 2.41. The molecule has 1 aliphatic heterocycles. The van der Waals surface area contributed by atoms with Gasteiger partial charge in [-0.3, -0.25) is 4.68 Å². The van der Waals surface area contributed by atoms with Crippen molar-refractivity contribution in [1.82, 2.24) is 9.78 Å². The van der Waals surface area contributed by atoms with Crippen molar-refractivity contribution in [2.24, 2.45) is 7.05 Å². The lowest BCUT2D eigenvalue weighted by atomic mass is 9.92. The zero-order chi connectivity index (χ0) is 15.2. The second-order valence-electron chi connectivity index (χ2n) is 5.59. The molecule has 0 atom stereocenters. The molecule has 0 amide bonds. The smallest absolute Gasteiger partial charge is 0.162 e. The van der Waals surface area contributed by atoms with Crippen molar-refractivity contribution in [1.29, 1.82) is 0 Å². The van der Waals surface area contributed by atoms with Crippen molar-refractivity contribution in [3.8, 4) is 22.8 Å². The Hall–Kier alpha value is -2.24. The van der Waals surface area contributed by atoms with Crippen molar-refractivity contribution in [3.63, 3.8) is 0 Å². The van der Waals surface area contributed by atoms with Crippen LogP contribution in [0.25, 0.3) is 11.3 Å². The van der Waals surface area contributed by atoms with Gasteiger partial charge >= 0.3 is 0 Å². The molecule has 6 heteroatoms. The highest BCUT2D eigenvalue weighted by Crippen LogP contribution is 2.42. The van der Waals surface area contributed by atoms with E-state index in [0.717, 1.165) is 0 Å². The van der Waals surface area contributed by atoms with E-state index in [1.807, 2.05) is 0 Å². The van der Waals surface area contributed by atoms with Crippen LogP contribution in [0.1, 0.15) is 19.4 Å². The van der Waals surface area contributed by atoms with Gasteiger partial charge in [0.1, 0.15) is 24.7 Å². The summed E-state index contributed by atoms with van der Waals surface area (Å²) in [5.74, 6) is 1.69. The van der Waals surface area contributed by atoms with E-state index >= 15 is 0 Å². The van der Waals surface area contributed by atoms with Crippen LogP contribution in [0.2, 0.25) is 0 Å². The highest BCUT2D eigenvalue weighted by Gasteiger charge is 2.28. The average Bonchev–Trinajstić information content (AvgIpc) is 2.76. The van der Waals surface area contributed by atoms with E-state index in [-0.39, 0.29) is 0 Å². The minimum absolute atomic E-state index is 0.467. The molecule has 21 heavy (non-hydrogen) atoms. The van der Waals surface area contributed by atoms with E-state index in [9.17, 15) is 4.39 Å². The number of benzene rings is 1. The van der Waals surface area contributed by atoms with Crippen LogP contribution < -0.4 is 15.2 Å². The molecule has 0 unspecified atom stereocenters. The number of halogens is 1. The van der Waals surface area contributed by atoms with Crippen LogP contribution in [0.5, 0.6) is 11.5 Å². The van der Waals surface area contributed by atoms with Crippen LogP contribution >= 0.6 is 0 Å². The van der Waals surface area contributed by atoms with Crippen LogP contribution in [0.3, 0.4) is 0 Å². The number of alkyl halides is 1. The van der Waals surface area contributed by atoms with Gasteiger partial charge in [0.25, 0.3) is 0 Å². The number of fused-ring (bicyclic) bond motifs is 1. The molecule has 1 aliphatic rings. The number of ether oxygens (including phenoxy) is 2. The molecule has 3 rings (SSSR count). The van der Waals surface area contributed by atoms with Gasteiger partial charge in [0.05, 0.1) is 5.69 Å². The first-order valence-electron chi connectivity index (χ1n) is 6.79. The Balaban J connectivity index is 2.21. The molecule has 1 aromatic carbocycles. The van der Waals surface area contributed by atoms with Crippen LogP contribution in [0.4, 0.5) is 10.2 Å². The maximum Gasteiger partial charge on any atom is 0.162 e. The zero-order valence-electron chi connectivity index (χ0n) is 12.3. The van der Waals surface area contributed by atoms with Crippen LogP contribution in [-0.4, -0.2) is 23.0 Å². The van der Waals surface area contributed by atoms with Crippen molar-refractivity contribution in [2.75, 3.05) is 18.9 Å². The van der Waals surface area contributed by atoms with Gasteiger partial charge < -0.3 is 15.2 Å². The van der Waals surface area contributed by atoms with E-state index in [0.29, 0.717) is 47.4 Å². The monoisotopic (exact) mass is 291 g/mol. The SMILES string of the molecule is Cn1nc(-c2cc3c(cc2C(C)(C)F)OCCO3)cc1N. The molecular formula is C15H18FN3O2. The molecule has 5 nitrogen and oxygen atoms in total. The predicted molar refractivity (Wildman–Crippen MR) is 78.2 cm³/mol. The molecule has 2 N–H and O–H groups in total. The topological polar surface area (TPSA) is 62.3 Å². The molecule has 112 valence electrons. The molecule has 1 aromatic heterocycles. The van der Waals surface area contributed by atoms with Gasteiger partial charge in [0.2, 0.25) is 0 Å². The summed E-state index contributed by atoms with van der Waals surface area (Å²) >= 11 is 0. The van der Waals surface area contributed by atoms with Crippen molar-refractivity contribution >= 4 is 5.82 Å². The third-order valence-corrected chi connectivity index (χ3v) is 3.51. The largest absolute Gasteiger partial charge is 0.486 e. The second kappa shape index (κ2) is 4.65. The van der Waals surface area contributed by atoms with Crippen molar-refractivity contribution in [2.45, 2.75) is 19.5 Å². The van der Waals surface area contributed by atoms with E-state index in [2.05, 4.69) is 5.10 Å². The van der Waals surface area contributed by atoms with Crippen molar-refractivity contribution < 1.29 is 13.9 Å². The molecule has 0 spiro atoms.